The van der Waals surface area contributed by atoms with Gasteiger partial charge in [0.15, 0.2) is 0 Å². The lowest BCUT2D eigenvalue weighted by Crippen LogP contribution is -2.25. The highest BCUT2D eigenvalue weighted by Gasteiger charge is 2.25. The molecule has 0 aliphatic heterocycles. The first-order valence-corrected chi connectivity index (χ1v) is 12.3. The van der Waals surface area contributed by atoms with E-state index in [-0.39, 0.29) is 11.8 Å². The van der Waals surface area contributed by atoms with Crippen LogP contribution in [0, 0.1) is 0 Å². The van der Waals surface area contributed by atoms with E-state index in [1.807, 2.05) is 54.6 Å². The van der Waals surface area contributed by atoms with Crippen LogP contribution in [0.25, 0.3) is 10.9 Å². The van der Waals surface area contributed by atoms with Gasteiger partial charge in [-0.05, 0) is 28.8 Å². The molecular weight excluding hydrogens is 444 g/mol. The van der Waals surface area contributed by atoms with E-state index in [0.29, 0.717) is 13.0 Å². The zero-order valence-corrected chi connectivity index (χ0v) is 20.4. The summed E-state index contributed by atoms with van der Waals surface area (Å²) in [5, 5.41) is 4.27. The molecule has 0 aliphatic rings. The van der Waals surface area contributed by atoms with Gasteiger partial charge in [0, 0.05) is 48.1 Å². The predicted molar refractivity (Wildman–Crippen MR) is 145 cm³/mol. The molecule has 4 aromatic carbocycles. The molecule has 0 saturated carbocycles. The van der Waals surface area contributed by atoms with E-state index in [1.54, 1.807) is 7.11 Å². The standard InChI is InChI=1S/C32H30N2O2/c1-36-31-19-11-9-17-27(31)28(20-32(35)33-21-24-12-4-2-5-13-24)29-23-34(22-25-14-6-3-7-15-25)30-18-10-8-16-26(29)30/h2-19,23,28H,20-22H2,1H3,(H,33,35). The van der Waals surface area contributed by atoms with Crippen LogP contribution < -0.4 is 10.1 Å². The van der Waals surface area contributed by atoms with Crippen molar-refractivity contribution in [1.29, 1.82) is 0 Å². The monoisotopic (exact) mass is 474 g/mol. The number of methoxy groups -OCH3 is 1. The van der Waals surface area contributed by atoms with Gasteiger partial charge >= 0.3 is 0 Å². The summed E-state index contributed by atoms with van der Waals surface area (Å²) in [7, 11) is 1.68. The third-order valence-corrected chi connectivity index (χ3v) is 6.63. The summed E-state index contributed by atoms with van der Waals surface area (Å²) in [5.74, 6) is 0.645. The number of hydrogen-bond acceptors (Lipinski definition) is 2. The van der Waals surface area contributed by atoms with Crippen LogP contribution in [0.3, 0.4) is 0 Å². The van der Waals surface area contributed by atoms with Crippen LogP contribution in [0.2, 0.25) is 0 Å². The van der Waals surface area contributed by atoms with Crippen LogP contribution in [0.5, 0.6) is 5.75 Å². The number of rotatable bonds is 9. The molecular formula is C32H30N2O2. The molecule has 0 saturated heterocycles. The zero-order chi connectivity index (χ0) is 24.7. The largest absolute Gasteiger partial charge is 0.496 e. The summed E-state index contributed by atoms with van der Waals surface area (Å²) in [5.41, 5.74) is 5.61. The third kappa shape index (κ3) is 5.18. The van der Waals surface area contributed by atoms with E-state index in [9.17, 15) is 4.79 Å². The summed E-state index contributed by atoms with van der Waals surface area (Å²) in [6.07, 6.45) is 2.53. The maximum atomic E-state index is 13.2. The second-order valence-electron chi connectivity index (χ2n) is 8.98. The molecule has 0 bridgehead atoms. The Kier molecular flexibility index (Phi) is 7.13. The van der Waals surface area contributed by atoms with Crippen molar-refractivity contribution in [2.75, 3.05) is 7.11 Å². The summed E-state index contributed by atoms with van der Waals surface area (Å²) in [4.78, 5) is 13.2. The Bertz CT molecular complexity index is 1440. The van der Waals surface area contributed by atoms with Crippen LogP contribution in [0.1, 0.15) is 34.6 Å². The maximum absolute atomic E-state index is 13.2. The average Bonchev–Trinajstić information content (AvgIpc) is 3.29. The summed E-state index contributed by atoms with van der Waals surface area (Å²) in [6.45, 7) is 1.27. The average molecular weight is 475 g/mol. The van der Waals surface area contributed by atoms with Gasteiger partial charge in [0.1, 0.15) is 5.75 Å². The van der Waals surface area contributed by atoms with Gasteiger partial charge in [-0.3, -0.25) is 4.79 Å². The highest BCUT2D eigenvalue weighted by Crippen LogP contribution is 2.38. The van der Waals surface area contributed by atoms with Crippen LogP contribution in [-0.4, -0.2) is 17.6 Å². The molecule has 4 heteroatoms. The number of para-hydroxylation sites is 2. The molecule has 5 aromatic rings. The van der Waals surface area contributed by atoms with E-state index >= 15 is 0 Å². The fourth-order valence-corrected chi connectivity index (χ4v) is 4.86. The number of ether oxygens (including phenoxy) is 1. The number of benzene rings is 4. The summed E-state index contributed by atoms with van der Waals surface area (Å²) >= 11 is 0. The van der Waals surface area contributed by atoms with Crippen LogP contribution in [0.4, 0.5) is 0 Å². The first-order chi connectivity index (χ1) is 17.7. The normalized spacial score (nSPS) is 11.8. The number of nitrogens with zero attached hydrogens (tertiary/aromatic N) is 1. The van der Waals surface area contributed by atoms with Crippen LogP contribution in [-0.2, 0) is 17.9 Å². The lowest BCUT2D eigenvalue weighted by Gasteiger charge is -2.20. The Morgan fingerprint density at radius 3 is 2.17 bits per heavy atom. The fraction of sp³-hybridized carbons (Fsp3) is 0.156. The Balaban J connectivity index is 1.52. The number of nitrogens with one attached hydrogen (secondary N) is 1. The van der Waals surface area contributed by atoms with Gasteiger partial charge < -0.3 is 14.6 Å². The number of amides is 1. The number of fused-ring (bicyclic) bond motifs is 1. The molecule has 0 radical (unpaired) electrons. The molecule has 0 spiro atoms. The Labute approximate surface area is 212 Å². The summed E-state index contributed by atoms with van der Waals surface area (Å²) < 4.78 is 8.02. The van der Waals surface area contributed by atoms with Crippen molar-refractivity contribution in [3.8, 4) is 5.75 Å². The van der Waals surface area contributed by atoms with Crippen molar-refractivity contribution in [2.24, 2.45) is 0 Å². The Hall–Kier alpha value is -4.31. The van der Waals surface area contributed by atoms with Crippen molar-refractivity contribution < 1.29 is 9.53 Å². The van der Waals surface area contributed by atoms with Gasteiger partial charge in [-0.25, -0.2) is 0 Å². The molecule has 36 heavy (non-hydrogen) atoms. The minimum absolute atomic E-state index is 0.00893. The Morgan fingerprint density at radius 2 is 1.42 bits per heavy atom. The van der Waals surface area contributed by atoms with Crippen molar-refractivity contribution >= 4 is 16.8 Å². The second kappa shape index (κ2) is 11.0. The number of aromatic nitrogens is 1. The van der Waals surface area contributed by atoms with E-state index in [4.69, 9.17) is 4.74 Å². The van der Waals surface area contributed by atoms with Gasteiger partial charge in [0.2, 0.25) is 5.91 Å². The zero-order valence-electron chi connectivity index (χ0n) is 20.4. The van der Waals surface area contributed by atoms with Gasteiger partial charge in [-0.2, -0.15) is 0 Å². The highest BCUT2D eigenvalue weighted by molar-refractivity contribution is 5.87. The molecule has 1 atom stereocenters. The van der Waals surface area contributed by atoms with Crippen LogP contribution >= 0.6 is 0 Å². The molecule has 1 unspecified atom stereocenters. The van der Waals surface area contributed by atoms with E-state index in [0.717, 1.165) is 39.9 Å². The van der Waals surface area contributed by atoms with Crippen molar-refractivity contribution in [2.45, 2.75) is 25.4 Å². The first-order valence-electron chi connectivity index (χ1n) is 12.3. The number of carbonyl (C=O) groups is 1. The topological polar surface area (TPSA) is 43.3 Å². The minimum atomic E-state index is -0.154. The van der Waals surface area contributed by atoms with E-state index in [1.165, 1.54) is 5.56 Å². The minimum Gasteiger partial charge on any atom is -0.496 e. The molecule has 0 fully saturated rings. The molecule has 1 heterocycles. The van der Waals surface area contributed by atoms with Crippen molar-refractivity contribution in [3.63, 3.8) is 0 Å². The molecule has 1 N–H and O–H groups in total. The smallest absolute Gasteiger partial charge is 0.221 e. The second-order valence-corrected chi connectivity index (χ2v) is 8.98. The molecule has 180 valence electrons. The van der Waals surface area contributed by atoms with Gasteiger partial charge in [0.05, 0.1) is 7.11 Å². The fourth-order valence-electron chi connectivity index (χ4n) is 4.86. The highest BCUT2D eigenvalue weighted by atomic mass is 16.5. The maximum Gasteiger partial charge on any atom is 0.221 e. The van der Waals surface area contributed by atoms with Gasteiger partial charge in [-0.15, -0.1) is 0 Å². The lowest BCUT2D eigenvalue weighted by atomic mass is 9.87. The van der Waals surface area contributed by atoms with Gasteiger partial charge in [0.25, 0.3) is 0 Å². The lowest BCUT2D eigenvalue weighted by molar-refractivity contribution is -0.121. The van der Waals surface area contributed by atoms with Gasteiger partial charge in [-0.1, -0.05) is 97.1 Å². The van der Waals surface area contributed by atoms with Crippen LogP contribution in [0.15, 0.2) is 115 Å². The number of carbonyl (C=O) groups excluding carboxylic acids is 1. The molecule has 1 aromatic heterocycles. The first kappa shape index (κ1) is 23.4. The van der Waals surface area contributed by atoms with Crippen molar-refractivity contribution in [1.82, 2.24) is 9.88 Å². The van der Waals surface area contributed by atoms with E-state index in [2.05, 4.69) is 70.7 Å². The molecule has 5 rings (SSSR count). The molecule has 1 amide bonds. The van der Waals surface area contributed by atoms with E-state index < -0.39 is 0 Å². The third-order valence-electron chi connectivity index (χ3n) is 6.63. The summed E-state index contributed by atoms with van der Waals surface area (Å²) in [6, 6.07) is 36.9. The van der Waals surface area contributed by atoms with Crippen molar-refractivity contribution in [3.05, 3.63) is 138 Å². The SMILES string of the molecule is COc1ccccc1C(CC(=O)NCc1ccccc1)c1cn(Cc2ccccc2)c2ccccc12. The Morgan fingerprint density at radius 1 is 0.778 bits per heavy atom. The predicted octanol–water partition coefficient (Wildman–Crippen LogP) is 6.54. The quantitative estimate of drug-likeness (QED) is 0.264. The molecule has 4 nitrogen and oxygen atoms in total. The molecule has 0 aliphatic carbocycles. The number of hydrogen-bond donors (Lipinski definition) is 1.